The summed E-state index contributed by atoms with van der Waals surface area (Å²) in [6, 6.07) is 13.7. The SMILES string of the molecule is COc1ccc(C(=O)Nc2ccc3oc(-c4cc(OC)c(OC)c(OC)c4)nc3c2)c(OC)c1. The van der Waals surface area contributed by atoms with Crippen molar-refractivity contribution in [1.29, 1.82) is 0 Å². The Kier molecular flexibility index (Phi) is 6.44. The number of ether oxygens (including phenoxy) is 5. The Balaban J connectivity index is 1.64. The number of rotatable bonds is 8. The van der Waals surface area contributed by atoms with E-state index in [0.717, 1.165) is 0 Å². The van der Waals surface area contributed by atoms with E-state index < -0.39 is 0 Å². The van der Waals surface area contributed by atoms with Crippen molar-refractivity contribution >= 4 is 22.7 Å². The maximum atomic E-state index is 12.8. The molecule has 0 aliphatic heterocycles. The van der Waals surface area contributed by atoms with Crippen molar-refractivity contribution in [2.24, 2.45) is 0 Å². The summed E-state index contributed by atoms with van der Waals surface area (Å²) in [5.74, 6) is 2.49. The minimum Gasteiger partial charge on any atom is -0.497 e. The second-order valence-electron chi connectivity index (χ2n) is 7.14. The number of benzene rings is 3. The average Bonchev–Trinajstić information content (AvgIpc) is 3.30. The van der Waals surface area contributed by atoms with Gasteiger partial charge in [-0.2, -0.15) is 0 Å². The van der Waals surface area contributed by atoms with Crippen molar-refractivity contribution in [3.63, 3.8) is 0 Å². The fourth-order valence-corrected chi connectivity index (χ4v) is 3.52. The molecule has 176 valence electrons. The number of carbonyl (C=O) groups is 1. The topological polar surface area (TPSA) is 101 Å². The van der Waals surface area contributed by atoms with Gasteiger partial charge in [-0.3, -0.25) is 4.79 Å². The van der Waals surface area contributed by atoms with E-state index in [9.17, 15) is 4.79 Å². The molecule has 0 saturated heterocycles. The maximum absolute atomic E-state index is 12.8. The van der Waals surface area contributed by atoms with Gasteiger partial charge in [0.25, 0.3) is 5.91 Å². The molecule has 0 aliphatic carbocycles. The first-order valence-electron chi connectivity index (χ1n) is 10.3. The lowest BCUT2D eigenvalue weighted by atomic mass is 10.1. The Morgan fingerprint density at radius 3 is 2.12 bits per heavy atom. The van der Waals surface area contributed by atoms with Gasteiger partial charge in [0.2, 0.25) is 11.6 Å². The van der Waals surface area contributed by atoms with Crippen LogP contribution in [0.3, 0.4) is 0 Å². The highest BCUT2D eigenvalue weighted by Gasteiger charge is 2.18. The molecule has 9 heteroatoms. The van der Waals surface area contributed by atoms with Crippen molar-refractivity contribution in [2.75, 3.05) is 40.9 Å². The maximum Gasteiger partial charge on any atom is 0.259 e. The molecule has 0 aliphatic rings. The number of hydrogen-bond acceptors (Lipinski definition) is 8. The fraction of sp³-hybridized carbons (Fsp3) is 0.200. The molecule has 1 amide bonds. The number of fused-ring (bicyclic) bond motifs is 1. The van der Waals surface area contributed by atoms with Crippen molar-refractivity contribution in [3.8, 4) is 40.2 Å². The van der Waals surface area contributed by atoms with Gasteiger partial charge >= 0.3 is 0 Å². The van der Waals surface area contributed by atoms with Crippen molar-refractivity contribution in [2.45, 2.75) is 0 Å². The van der Waals surface area contributed by atoms with E-state index in [1.807, 2.05) is 0 Å². The van der Waals surface area contributed by atoms with E-state index in [1.54, 1.807) is 69.9 Å². The van der Waals surface area contributed by atoms with Crippen LogP contribution in [-0.2, 0) is 0 Å². The quantitative estimate of drug-likeness (QED) is 0.397. The molecule has 1 aromatic heterocycles. The van der Waals surface area contributed by atoms with Crippen LogP contribution >= 0.6 is 0 Å². The lowest BCUT2D eigenvalue weighted by Crippen LogP contribution is -2.13. The van der Waals surface area contributed by atoms with Crippen LogP contribution in [0.4, 0.5) is 5.69 Å². The molecule has 9 nitrogen and oxygen atoms in total. The lowest BCUT2D eigenvalue weighted by molar-refractivity contribution is 0.102. The van der Waals surface area contributed by atoms with Crippen LogP contribution in [0.15, 0.2) is 52.9 Å². The molecule has 0 unspecified atom stereocenters. The molecule has 0 bridgehead atoms. The number of methoxy groups -OCH3 is 5. The molecule has 0 fully saturated rings. The molecule has 4 aromatic rings. The minimum atomic E-state index is -0.327. The van der Waals surface area contributed by atoms with Crippen LogP contribution in [0.25, 0.3) is 22.6 Å². The van der Waals surface area contributed by atoms with Crippen LogP contribution in [-0.4, -0.2) is 46.4 Å². The van der Waals surface area contributed by atoms with Gasteiger partial charge < -0.3 is 33.4 Å². The highest BCUT2D eigenvalue weighted by atomic mass is 16.5. The van der Waals surface area contributed by atoms with Crippen LogP contribution in [0.5, 0.6) is 28.7 Å². The molecular formula is C25H24N2O7. The van der Waals surface area contributed by atoms with Gasteiger partial charge in [0, 0.05) is 17.3 Å². The molecule has 34 heavy (non-hydrogen) atoms. The zero-order valence-corrected chi connectivity index (χ0v) is 19.4. The van der Waals surface area contributed by atoms with Gasteiger partial charge in [0.15, 0.2) is 17.1 Å². The zero-order valence-electron chi connectivity index (χ0n) is 19.4. The van der Waals surface area contributed by atoms with Gasteiger partial charge in [-0.05, 0) is 42.5 Å². The average molecular weight is 464 g/mol. The van der Waals surface area contributed by atoms with Gasteiger partial charge in [-0.15, -0.1) is 0 Å². The monoisotopic (exact) mass is 464 g/mol. The van der Waals surface area contributed by atoms with E-state index in [4.69, 9.17) is 28.1 Å². The van der Waals surface area contributed by atoms with E-state index in [-0.39, 0.29) is 5.91 Å². The first-order chi connectivity index (χ1) is 16.5. The molecule has 0 radical (unpaired) electrons. The zero-order chi connectivity index (χ0) is 24.2. The summed E-state index contributed by atoms with van der Waals surface area (Å²) in [6.45, 7) is 0. The van der Waals surface area contributed by atoms with Gasteiger partial charge in [-0.25, -0.2) is 4.98 Å². The highest BCUT2D eigenvalue weighted by molar-refractivity contribution is 6.07. The van der Waals surface area contributed by atoms with Crippen LogP contribution in [0.1, 0.15) is 10.4 Å². The third-order valence-electron chi connectivity index (χ3n) is 5.21. The number of hydrogen-bond donors (Lipinski definition) is 1. The minimum absolute atomic E-state index is 0.327. The predicted octanol–water partition coefficient (Wildman–Crippen LogP) is 4.79. The van der Waals surface area contributed by atoms with E-state index in [2.05, 4.69) is 10.3 Å². The standard InChI is InChI=1S/C25H24N2O7/c1-29-16-7-8-17(20(13-16)30-2)24(28)26-15-6-9-19-18(12-15)27-25(34-19)14-10-21(31-3)23(33-5)22(11-14)32-4/h6-13H,1-5H3,(H,26,28). The summed E-state index contributed by atoms with van der Waals surface area (Å²) in [6.07, 6.45) is 0. The third-order valence-corrected chi connectivity index (χ3v) is 5.21. The number of oxazole rings is 1. The Morgan fingerprint density at radius 1 is 0.794 bits per heavy atom. The number of amides is 1. The Labute approximate surface area is 196 Å². The normalized spacial score (nSPS) is 10.6. The molecule has 1 heterocycles. The summed E-state index contributed by atoms with van der Waals surface area (Å²) in [5, 5.41) is 2.87. The first-order valence-corrected chi connectivity index (χ1v) is 10.3. The molecule has 0 spiro atoms. The molecule has 1 N–H and O–H groups in total. The first kappa shape index (κ1) is 22.8. The molecule has 0 saturated carbocycles. The lowest BCUT2D eigenvalue weighted by Gasteiger charge is -2.12. The van der Waals surface area contributed by atoms with E-state index >= 15 is 0 Å². The Morgan fingerprint density at radius 2 is 1.50 bits per heavy atom. The van der Waals surface area contributed by atoms with Crippen LogP contribution in [0.2, 0.25) is 0 Å². The molecule has 3 aromatic carbocycles. The predicted molar refractivity (Wildman–Crippen MR) is 127 cm³/mol. The molecule has 4 rings (SSSR count). The van der Waals surface area contributed by atoms with Gasteiger partial charge in [0.1, 0.15) is 17.0 Å². The summed E-state index contributed by atoms with van der Waals surface area (Å²) in [4.78, 5) is 17.4. The number of aromatic nitrogens is 1. The van der Waals surface area contributed by atoms with Crippen molar-refractivity contribution in [1.82, 2.24) is 4.98 Å². The molecule has 0 atom stereocenters. The third kappa shape index (κ3) is 4.27. The van der Waals surface area contributed by atoms with Crippen molar-refractivity contribution in [3.05, 3.63) is 54.1 Å². The van der Waals surface area contributed by atoms with Gasteiger partial charge in [0.05, 0.1) is 41.1 Å². The number of nitrogens with one attached hydrogen (secondary N) is 1. The summed E-state index contributed by atoms with van der Waals surface area (Å²) >= 11 is 0. The highest BCUT2D eigenvalue weighted by Crippen LogP contribution is 2.41. The van der Waals surface area contributed by atoms with Gasteiger partial charge in [-0.1, -0.05) is 0 Å². The van der Waals surface area contributed by atoms with E-state index in [0.29, 0.717) is 62.6 Å². The fourth-order valence-electron chi connectivity index (χ4n) is 3.52. The largest absolute Gasteiger partial charge is 0.497 e. The van der Waals surface area contributed by atoms with E-state index in [1.165, 1.54) is 14.2 Å². The second kappa shape index (κ2) is 9.62. The van der Waals surface area contributed by atoms with Crippen LogP contribution < -0.4 is 29.0 Å². The number of anilines is 1. The Hall–Kier alpha value is -4.40. The number of nitrogens with zero attached hydrogens (tertiary/aromatic N) is 1. The van der Waals surface area contributed by atoms with Crippen molar-refractivity contribution < 1.29 is 32.9 Å². The summed E-state index contributed by atoms with van der Waals surface area (Å²) in [7, 11) is 7.67. The van der Waals surface area contributed by atoms with Crippen LogP contribution in [0, 0.1) is 0 Å². The molecular weight excluding hydrogens is 440 g/mol. The number of carbonyl (C=O) groups excluding carboxylic acids is 1. The summed E-state index contributed by atoms with van der Waals surface area (Å²) < 4.78 is 32.6. The Bertz CT molecular complexity index is 1320. The summed E-state index contributed by atoms with van der Waals surface area (Å²) in [5.41, 5.74) is 2.72. The smallest absolute Gasteiger partial charge is 0.259 e. The second-order valence-corrected chi connectivity index (χ2v) is 7.14.